The molecule has 0 aliphatic carbocycles. The molecule has 0 spiro atoms. The fourth-order valence-corrected chi connectivity index (χ4v) is 1.49. The highest BCUT2D eigenvalue weighted by molar-refractivity contribution is 5.52. The molecule has 0 unspecified atom stereocenters. The molecule has 0 atom stereocenters. The van der Waals surface area contributed by atoms with Gasteiger partial charge in [0.1, 0.15) is 0 Å². The number of aromatic nitrogens is 1. The number of pyridine rings is 1. The monoisotopic (exact) mass is 221 g/mol. The maximum Gasteiger partial charge on any atom is 0.0440 e. The normalized spacial score (nSPS) is 11.6. The first kappa shape index (κ1) is 13.0. The number of nitrogens with one attached hydrogen (secondary N) is 1. The number of aryl methyl sites for hydroxylation is 1. The van der Waals surface area contributed by atoms with Crippen molar-refractivity contribution in [3.05, 3.63) is 23.5 Å². The molecule has 0 saturated carbocycles. The van der Waals surface area contributed by atoms with Gasteiger partial charge in [0.15, 0.2) is 0 Å². The highest BCUT2D eigenvalue weighted by Gasteiger charge is 2.11. The Balaban J connectivity index is 2.87. The fourth-order valence-electron chi connectivity index (χ4n) is 1.49. The van der Waals surface area contributed by atoms with Crippen LogP contribution in [0, 0.1) is 6.92 Å². The first-order valence-corrected chi connectivity index (χ1v) is 5.67. The zero-order chi connectivity index (χ0) is 12.3. The second-order valence-corrected chi connectivity index (χ2v) is 5.45. The van der Waals surface area contributed by atoms with Crippen molar-refractivity contribution in [1.82, 2.24) is 10.3 Å². The van der Waals surface area contributed by atoms with Crippen LogP contribution in [0.3, 0.4) is 0 Å². The van der Waals surface area contributed by atoms with Crippen molar-refractivity contribution in [2.75, 3.05) is 19.0 Å². The lowest BCUT2D eigenvalue weighted by Gasteiger charge is -2.23. The summed E-state index contributed by atoms with van der Waals surface area (Å²) < 4.78 is 0. The summed E-state index contributed by atoms with van der Waals surface area (Å²) in [6.45, 7) is 9.39. The van der Waals surface area contributed by atoms with E-state index < -0.39 is 0 Å². The van der Waals surface area contributed by atoms with E-state index in [4.69, 9.17) is 0 Å². The van der Waals surface area contributed by atoms with Crippen LogP contribution in [-0.2, 0) is 6.54 Å². The van der Waals surface area contributed by atoms with Gasteiger partial charge < -0.3 is 10.2 Å². The summed E-state index contributed by atoms with van der Waals surface area (Å²) in [7, 11) is 4.13. The summed E-state index contributed by atoms with van der Waals surface area (Å²) in [5.41, 5.74) is 3.67. The molecule has 1 aromatic heterocycles. The van der Waals surface area contributed by atoms with E-state index in [9.17, 15) is 0 Å². The van der Waals surface area contributed by atoms with Gasteiger partial charge in [0, 0.05) is 49.3 Å². The van der Waals surface area contributed by atoms with E-state index in [0.717, 1.165) is 12.2 Å². The fraction of sp³-hybridized carbons (Fsp3) is 0.615. The van der Waals surface area contributed by atoms with Crippen LogP contribution < -0.4 is 10.2 Å². The van der Waals surface area contributed by atoms with Gasteiger partial charge in [-0.1, -0.05) is 0 Å². The van der Waals surface area contributed by atoms with Crippen LogP contribution in [0.4, 0.5) is 5.69 Å². The Morgan fingerprint density at radius 3 is 2.44 bits per heavy atom. The molecule has 1 N–H and O–H groups in total. The predicted octanol–water partition coefficient (Wildman–Crippen LogP) is 2.34. The molecular formula is C13H23N3. The van der Waals surface area contributed by atoms with Crippen molar-refractivity contribution in [3.8, 4) is 0 Å². The summed E-state index contributed by atoms with van der Waals surface area (Å²) in [5.74, 6) is 0. The average molecular weight is 221 g/mol. The van der Waals surface area contributed by atoms with Gasteiger partial charge in [0.25, 0.3) is 0 Å². The lowest BCUT2D eigenvalue weighted by Crippen LogP contribution is -2.35. The molecule has 0 saturated heterocycles. The molecular weight excluding hydrogens is 198 g/mol. The SMILES string of the molecule is Cc1cc(N(C)C)c(CNC(C)(C)C)cn1. The zero-order valence-corrected chi connectivity index (χ0v) is 11.3. The van der Waals surface area contributed by atoms with Crippen molar-refractivity contribution < 1.29 is 0 Å². The van der Waals surface area contributed by atoms with Crippen LogP contribution in [0.15, 0.2) is 12.3 Å². The highest BCUT2D eigenvalue weighted by Crippen LogP contribution is 2.19. The number of anilines is 1. The highest BCUT2D eigenvalue weighted by atomic mass is 15.1. The first-order chi connectivity index (χ1) is 7.29. The Morgan fingerprint density at radius 1 is 1.31 bits per heavy atom. The molecule has 0 aromatic carbocycles. The maximum absolute atomic E-state index is 4.36. The summed E-state index contributed by atoms with van der Waals surface area (Å²) >= 11 is 0. The van der Waals surface area contributed by atoms with Crippen LogP contribution in [0.5, 0.6) is 0 Å². The maximum atomic E-state index is 4.36. The molecule has 0 fully saturated rings. The Bertz CT molecular complexity index is 351. The van der Waals surface area contributed by atoms with E-state index in [1.165, 1.54) is 11.3 Å². The molecule has 0 aliphatic heterocycles. The minimum absolute atomic E-state index is 0.133. The summed E-state index contributed by atoms with van der Waals surface area (Å²) in [6, 6.07) is 2.12. The van der Waals surface area contributed by atoms with E-state index in [2.05, 4.69) is 56.1 Å². The molecule has 1 aromatic rings. The van der Waals surface area contributed by atoms with Gasteiger partial charge in [-0.2, -0.15) is 0 Å². The second-order valence-electron chi connectivity index (χ2n) is 5.45. The van der Waals surface area contributed by atoms with Gasteiger partial charge in [-0.25, -0.2) is 0 Å². The van der Waals surface area contributed by atoms with Crippen LogP contribution in [0.2, 0.25) is 0 Å². The van der Waals surface area contributed by atoms with Crippen molar-refractivity contribution >= 4 is 5.69 Å². The second kappa shape index (κ2) is 4.83. The van der Waals surface area contributed by atoms with Gasteiger partial charge in [-0.05, 0) is 33.8 Å². The number of hydrogen-bond donors (Lipinski definition) is 1. The lowest BCUT2D eigenvalue weighted by atomic mass is 10.1. The predicted molar refractivity (Wildman–Crippen MR) is 69.9 cm³/mol. The lowest BCUT2D eigenvalue weighted by molar-refractivity contribution is 0.424. The quantitative estimate of drug-likeness (QED) is 0.849. The third-order valence-corrected chi connectivity index (χ3v) is 2.39. The Morgan fingerprint density at radius 2 is 1.94 bits per heavy atom. The van der Waals surface area contributed by atoms with Crippen molar-refractivity contribution in [2.45, 2.75) is 39.8 Å². The van der Waals surface area contributed by atoms with E-state index in [1.54, 1.807) is 0 Å². The number of rotatable bonds is 3. The van der Waals surface area contributed by atoms with Gasteiger partial charge in [-0.15, -0.1) is 0 Å². The van der Waals surface area contributed by atoms with Crippen molar-refractivity contribution in [1.29, 1.82) is 0 Å². The van der Waals surface area contributed by atoms with Gasteiger partial charge in [0.05, 0.1) is 0 Å². The molecule has 0 radical (unpaired) electrons. The third-order valence-electron chi connectivity index (χ3n) is 2.39. The summed E-state index contributed by atoms with van der Waals surface area (Å²) in [6.07, 6.45) is 1.96. The molecule has 16 heavy (non-hydrogen) atoms. The van der Waals surface area contributed by atoms with E-state index in [1.807, 2.05) is 13.1 Å². The minimum Gasteiger partial charge on any atom is -0.377 e. The standard InChI is InChI=1S/C13H23N3/c1-10-7-12(16(5)6)11(8-14-10)9-15-13(2,3)4/h7-8,15H,9H2,1-6H3. The van der Waals surface area contributed by atoms with Gasteiger partial charge >= 0.3 is 0 Å². The number of hydrogen-bond acceptors (Lipinski definition) is 3. The molecule has 0 aliphatic rings. The summed E-state index contributed by atoms with van der Waals surface area (Å²) in [5, 5.41) is 3.49. The van der Waals surface area contributed by atoms with Gasteiger partial charge in [0.2, 0.25) is 0 Å². The van der Waals surface area contributed by atoms with E-state index in [0.29, 0.717) is 0 Å². The molecule has 0 amide bonds. The Kier molecular flexibility index (Phi) is 3.92. The molecule has 3 heteroatoms. The van der Waals surface area contributed by atoms with Crippen LogP contribution in [0.25, 0.3) is 0 Å². The summed E-state index contributed by atoms with van der Waals surface area (Å²) in [4.78, 5) is 6.49. The van der Waals surface area contributed by atoms with Crippen molar-refractivity contribution in [3.63, 3.8) is 0 Å². The molecule has 3 nitrogen and oxygen atoms in total. The zero-order valence-electron chi connectivity index (χ0n) is 11.3. The van der Waals surface area contributed by atoms with Crippen LogP contribution in [0.1, 0.15) is 32.0 Å². The topological polar surface area (TPSA) is 28.2 Å². The Hall–Kier alpha value is -1.09. The van der Waals surface area contributed by atoms with Crippen molar-refractivity contribution in [2.24, 2.45) is 0 Å². The average Bonchev–Trinajstić information content (AvgIpc) is 2.14. The minimum atomic E-state index is 0.133. The molecule has 90 valence electrons. The smallest absolute Gasteiger partial charge is 0.0440 e. The number of nitrogens with zero attached hydrogens (tertiary/aromatic N) is 2. The first-order valence-electron chi connectivity index (χ1n) is 5.67. The van der Waals surface area contributed by atoms with E-state index in [-0.39, 0.29) is 5.54 Å². The van der Waals surface area contributed by atoms with Crippen LogP contribution in [-0.4, -0.2) is 24.6 Å². The van der Waals surface area contributed by atoms with Gasteiger partial charge in [-0.3, -0.25) is 4.98 Å². The van der Waals surface area contributed by atoms with Crippen LogP contribution >= 0.6 is 0 Å². The Labute approximate surface area is 98.9 Å². The van der Waals surface area contributed by atoms with E-state index >= 15 is 0 Å². The largest absolute Gasteiger partial charge is 0.377 e. The third kappa shape index (κ3) is 3.81. The molecule has 1 heterocycles. The molecule has 0 bridgehead atoms. The molecule has 1 rings (SSSR count).